The van der Waals surface area contributed by atoms with Crippen molar-refractivity contribution in [3.8, 4) is 17.4 Å². The highest BCUT2D eigenvalue weighted by molar-refractivity contribution is 7.07. The number of rotatable bonds is 4. The second kappa shape index (κ2) is 7.61. The smallest absolute Gasteiger partial charge is 0.325 e. The maximum Gasteiger partial charge on any atom is 0.325 e. The topological polar surface area (TPSA) is 95.3 Å². The molecule has 3 heterocycles. The largest absolute Gasteiger partial charge is 0.473 e. The number of thiazole rings is 1. The molecule has 1 N–H and O–H groups in total. The van der Waals surface area contributed by atoms with E-state index in [0.29, 0.717) is 17.3 Å². The number of hydrogen-bond donors (Lipinski definition) is 1. The van der Waals surface area contributed by atoms with Crippen molar-refractivity contribution in [3.05, 3.63) is 56.1 Å². The Kier molecular flexibility index (Phi) is 5.01. The zero-order chi connectivity index (χ0) is 19.7. The molecule has 0 spiro atoms. The lowest BCUT2D eigenvalue weighted by atomic mass is 10.1. The van der Waals surface area contributed by atoms with Gasteiger partial charge >= 0.3 is 5.97 Å². The van der Waals surface area contributed by atoms with Crippen LogP contribution in [0.15, 0.2) is 40.0 Å². The molecule has 0 saturated carbocycles. The van der Waals surface area contributed by atoms with Crippen LogP contribution in [0.25, 0.3) is 11.5 Å². The molecule has 0 unspecified atom stereocenters. The molecule has 0 radical (unpaired) electrons. The fraction of sp³-hybridized carbons (Fsp3) is 0.222. The lowest BCUT2D eigenvalue weighted by Gasteiger charge is -2.27. The van der Waals surface area contributed by atoms with E-state index in [-0.39, 0.29) is 30.0 Å². The zero-order valence-electron chi connectivity index (χ0n) is 14.7. The number of nitrogens with one attached hydrogen (secondary N) is 1. The predicted octanol–water partition coefficient (Wildman–Crippen LogP) is 2.74. The molecule has 0 fully saturated rings. The Bertz CT molecular complexity index is 1070. The summed E-state index contributed by atoms with van der Waals surface area (Å²) in [5.74, 6) is -0.132. The molecule has 4 rings (SSSR count). The predicted molar refractivity (Wildman–Crippen MR) is 105 cm³/mol. The van der Waals surface area contributed by atoms with Gasteiger partial charge in [-0.3, -0.25) is 14.2 Å². The van der Waals surface area contributed by atoms with E-state index in [1.807, 2.05) is 12.1 Å². The summed E-state index contributed by atoms with van der Waals surface area (Å²) in [5, 5.41) is 5.54. The molecule has 144 valence electrons. The Morgan fingerprint density at radius 1 is 1.43 bits per heavy atom. The minimum Gasteiger partial charge on any atom is -0.473 e. The van der Waals surface area contributed by atoms with Crippen molar-refractivity contribution in [1.82, 2.24) is 14.5 Å². The van der Waals surface area contributed by atoms with Gasteiger partial charge in [-0.25, -0.2) is 4.98 Å². The van der Waals surface area contributed by atoms with E-state index in [1.165, 1.54) is 23.0 Å². The quantitative estimate of drug-likeness (QED) is 0.651. The molecule has 0 saturated heterocycles. The molecular formula is C18H15ClN4O4S. The first-order chi connectivity index (χ1) is 13.6. The summed E-state index contributed by atoms with van der Waals surface area (Å²) in [6.07, 6.45) is 0. The number of carbonyl (C=O) groups excluding carboxylic acids is 1. The van der Waals surface area contributed by atoms with Gasteiger partial charge in [-0.1, -0.05) is 23.7 Å². The second-order valence-corrected chi connectivity index (χ2v) is 7.17. The van der Waals surface area contributed by atoms with Gasteiger partial charge in [-0.05, 0) is 17.7 Å². The van der Waals surface area contributed by atoms with Gasteiger partial charge in [0.05, 0.1) is 18.7 Å². The fourth-order valence-corrected chi connectivity index (χ4v) is 3.53. The molecule has 0 amide bonds. The summed E-state index contributed by atoms with van der Waals surface area (Å²) in [5.41, 5.74) is 2.78. The van der Waals surface area contributed by atoms with Crippen molar-refractivity contribution >= 4 is 34.6 Å². The highest BCUT2D eigenvalue weighted by Gasteiger charge is 2.28. The number of methoxy groups -OCH3 is 1. The van der Waals surface area contributed by atoms with E-state index in [2.05, 4.69) is 15.3 Å². The third kappa shape index (κ3) is 3.46. The summed E-state index contributed by atoms with van der Waals surface area (Å²) in [7, 11) is 1.26. The first kappa shape index (κ1) is 18.5. The van der Waals surface area contributed by atoms with Crippen molar-refractivity contribution in [1.29, 1.82) is 0 Å². The van der Waals surface area contributed by atoms with Crippen LogP contribution in [0.5, 0.6) is 5.88 Å². The second-order valence-electron chi connectivity index (χ2n) is 6.02. The lowest BCUT2D eigenvalue weighted by Crippen LogP contribution is -2.35. The number of halogens is 1. The van der Waals surface area contributed by atoms with Gasteiger partial charge in [0.15, 0.2) is 11.5 Å². The van der Waals surface area contributed by atoms with E-state index in [1.54, 1.807) is 23.0 Å². The van der Waals surface area contributed by atoms with Crippen molar-refractivity contribution in [2.75, 3.05) is 19.0 Å². The van der Waals surface area contributed by atoms with Crippen LogP contribution < -0.4 is 15.6 Å². The minimum absolute atomic E-state index is 0.180. The lowest BCUT2D eigenvalue weighted by molar-refractivity contribution is -0.141. The summed E-state index contributed by atoms with van der Waals surface area (Å²) in [6, 6.07) is 7.01. The highest BCUT2D eigenvalue weighted by Crippen LogP contribution is 2.32. The van der Waals surface area contributed by atoms with Crippen molar-refractivity contribution in [2.45, 2.75) is 12.6 Å². The van der Waals surface area contributed by atoms with Crippen LogP contribution in [0.3, 0.4) is 0 Å². The van der Waals surface area contributed by atoms with Crippen molar-refractivity contribution < 1.29 is 14.3 Å². The number of carbonyl (C=O) groups is 1. The third-order valence-corrected chi connectivity index (χ3v) is 5.13. The molecule has 1 aromatic carbocycles. The van der Waals surface area contributed by atoms with Gasteiger partial charge in [-0.2, -0.15) is 4.98 Å². The number of nitrogens with zero attached hydrogens (tertiary/aromatic N) is 3. The van der Waals surface area contributed by atoms with Crippen molar-refractivity contribution in [3.63, 3.8) is 0 Å². The Morgan fingerprint density at radius 2 is 2.21 bits per heavy atom. The van der Waals surface area contributed by atoms with Gasteiger partial charge in [0.1, 0.15) is 18.8 Å². The van der Waals surface area contributed by atoms with Gasteiger partial charge in [0.25, 0.3) is 5.56 Å². The summed E-state index contributed by atoms with van der Waals surface area (Å²) >= 11 is 7.30. The van der Waals surface area contributed by atoms with Crippen LogP contribution in [0.4, 0.5) is 5.69 Å². The number of ether oxygens (including phenoxy) is 2. The third-order valence-electron chi connectivity index (χ3n) is 4.29. The number of fused-ring (bicyclic) bond motifs is 1. The highest BCUT2D eigenvalue weighted by atomic mass is 35.5. The van der Waals surface area contributed by atoms with E-state index >= 15 is 0 Å². The summed E-state index contributed by atoms with van der Waals surface area (Å²) in [4.78, 5) is 33.6. The molecule has 0 aliphatic carbocycles. The molecular weight excluding hydrogens is 404 g/mol. The Hall–Kier alpha value is -2.91. The van der Waals surface area contributed by atoms with Crippen LogP contribution in [-0.4, -0.2) is 34.2 Å². The minimum atomic E-state index is -0.564. The molecule has 28 heavy (non-hydrogen) atoms. The maximum absolute atomic E-state index is 13.1. The molecule has 2 aromatic heterocycles. The number of anilines is 1. The zero-order valence-corrected chi connectivity index (χ0v) is 16.3. The van der Waals surface area contributed by atoms with Crippen LogP contribution in [0.1, 0.15) is 11.6 Å². The van der Waals surface area contributed by atoms with E-state index in [0.717, 1.165) is 5.56 Å². The number of aromatic nitrogens is 3. The van der Waals surface area contributed by atoms with E-state index in [9.17, 15) is 9.59 Å². The van der Waals surface area contributed by atoms with Gasteiger partial charge in [0, 0.05) is 10.4 Å². The summed E-state index contributed by atoms with van der Waals surface area (Å²) < 4.78 is 11.7. The number of esters is 1. The summed E-state index contributed by atoms with van der Waals surface area (Å²) in [6.45, 7) is 0.00829. The first-order valence-electron chi connectivity index (χ1n) is 8.32. The van der Waals surface area contributed by atoms with Crippen LogP contribution in [0, 0.1) is 0 Å². The van der Waals surface area contributed by atoms with Crippen LogP contribution in [-0.2, 0) is 16.1 Å². The molecule has 0 bridgehead atoms. The molecule has 10 heteroatoms. The molecule has 1 aliphatic rings. The van der Waals surface area contributed by atoms with Gasteiger partial charge in [0.2, 0.25) is 5.88 Å². The molecule has 1 aliphatic heterocycles. The Morgan fingerprint density at radius 3 is 2.89 bits per heavy atom. The SMILES string of the molecule is COC(=O)Cn1c(-c2cscn2)nc2c(c1=O)N[C@H](c1ccc(Cl)cc1)CO2. The van der Waals surface area contributed by atoms with Gasteiger partial charge in [-0.15, -0.1) is 11.3 Å². The van der Waals surface area contributed by atoms with Crippen LogP contribution in [0.2, 0.25) is 5.02 Å². The monoisotopic (exact) mass is 418 g/mol. The standard InChI is InChI=1S/C18H15ClN4O4S/c1-26-14(24)6-23-16(13-8-28-9-20-13)22-17-15(18(23)25)21-12(7-27-17)10-2-4-11(19)5-3-10/h2-5,8-9,12,21H,6-7H2,1H3/t12-/m0/s1. The molecule has 8 nitrogen and oxygen atoms in total. The maximum atomic E-state index is 13.1. The van der Waals surface area contributed by atoms with E-state index < -0.39 is 11.5 Å². The number of benzene rings is 1. The number of hydrogen-bond acceptors (Lipinski definition) is 8. The average Bonchev–Trinajstić information content (AvgIpc) is 3.25. The first-order valence-corrected chi connectivity index (χ1v) is 9.64. The van der Waals surface area contributed by atoms with Crippen LogP contribution >= 0.6 is 22.9 Å². The fourth-order valence-electron chi connectivity index (χ4n) is 2.87. The van der Waals surface area contributed by atoms with E-state index in [4.69, 9.17) is 21.1 Å². The van der Waals surface area contributed by atoms with Gasteiger partial charge < -0.3 is 14.8 Å². The van der Waals surface area contributed by atoms with Crippen molar-refractivity contribution in [2.24, 2.45) is 0 Å². The molecule has 1 atom stereocenters. The average molecular weight is 419 g/mol. The Balaban J connectivity index is 1.77. The Labute approximate surface area is 168 Å². The molecule has 3 aromatic rings. The normalized spacial score (nSPS) is 15.3.